The first-order chi connectivity index (χ1) is 9.50. The van der Waals surface area contributed by atoms with E-state index in [4.69, 9.17) is 5.11 Å². The number of carboxylic acid groups (broad SMARTS) is 1. The fourth-order valence-corrected chi connectivity index (χ4v) is 3.02. The van der Waals surface area contributed by atoms with Crippen LogP contribution in [0.1, 0.15) is 22.5 Å². The van der Waals surface area contributed by atoms with E-state index in [1.165, 1.54) is 18.4 Å². The van der Waals surface area contributed by atoms with Gasteiger partial charge in [0.1, 0.15) is 12.6 Å². The van der Waals surface area contributed by atoms with Gasteiger partial charge in [-0.3, -0.25) is 14.4 Å². The van der Waals surface area contributed by atoms with Crippen molar-refractivity contribution in [1.82, 2.24) is 9.80 Å². The maximum atomic E-state index is 12.3. The SMILES string of the molecule is CN(CC(=O)O)C(=O)[C@@H]1CCCN1C(=O)c1cccs1. The Morgan fingerprint density at radius 3 is 2.85 bits per heavy atom. The number of hydrogen-bond acceptors (Lipinski definition) is 4. The summed E-state index contributed by atoms with van der Waals surface area (Å²) in [5.74, 6) is -1.52. The van der Waals surface area contributed by atoms with Crippen LogP contribution in [0.2, 0.25) is 0 Å². The lowest BCUT2D eigenvalue weighted by Gasteiger charge is -2.26. The molecule has 0 radical (unpaired) electrons. The number of carbonyl (C=O) groups excluding carboxylic acids is 2. The predicted molar refractivity (Wildman–Crippen MR) is 73.7 cm³/mol. The number of nitrogens with zero attached hydrogens (tertiary/aromatic N) is 2. The van der Waals surface area contributed by atoms with Gasteiger partial charge < -0.3 is 14.9 Å². The molecule has 1 aliphatic heterocycles. The molecule has 20 heavy (non-hydrogen) atoms. The Bertz CT molecular complexity index is 514. The first kappa shape index (κ1) is 14.5. The molecule has 0 saturated carbocycles. The van der Waals surface area contributed by atoms with Gasteiger partial charge in [0.2, 0.25) is 5.91 Å². The Labute approximate surface area is 120 Å². The van der Waals surface area contributed by atoms with Crippen molar-refractivity contribution in [3.63, 3.8) is 0 Å². The summed E-state index contributed by atoms with van der Waals surface area (Å²) in [4.78, 5) is 38.5. The maximum absolute atomic E-state index is 12.3. The molecule has 0 bridgehead atoms. The second kappa shape index (κ2) is 6.04. The Morgan fingerprint density at radius 1 is 1.50 bits per heavy atom. The van der Waals surface area contributed by atoms with Gasteiger partial charge in [-0.05, 0) is 24.3 Å². The highest BCUT2D eigenvalue weighted by molar-refractivity contribution is 7.12. The molecule has 0 spiro atoms. The van der Waals surface area contributed by atoms with Crippen molar-refractivity contribution in [2.24, 2.45) is 0 Å². The first-order valence-electron chi connectivity index (χ1n) is 6.32. The lowest BCUT2D eigenvalue weighted by Crippen LogP contribution is -2.47. The maximum Gasteiger partial charge on any atom is 0.323 e. The molecule has 1 aromatic heterocycles. The normalized spacial score (nSPS) is 18.1. The van der Waals surface area contributed by atoms with E-state index in [-0.39, 0.29) is 18.4 Å². The summed E-state index contributed by atoms with van der Waals surface area (Å²) in [5.41, 5.74) is 0. The highest BCUT2D eigenvalue weighted by Gasteiger charge is 2.36. The number of amides is 2. The lowest BCUT2D eigenvalue weighted by atomic mass is 10.2. The van der Waals surface area contributed by atoms with Crippen LogP contribution in [0.5, 0.6) is 0 Å². The minimum atomic E-state index is -1.06. The molecule has 1 aromatic rings. The number of rotatable bonds is 4. The summed E-state index contributed by atoms with van der Waals surface area (Å²) >= 11 is 1.34. The van der Waals surface area contributed by atoms with Gasteiger partial charge in [0.25, 0.3) is 5.91 Å². The zero-order valence-electron chi connectivity index (χ0n) is 11.1. The van der Waals surface area contributed by atoms with Crippen LogP contribution >= 0.6 is 11.3 Å². The molecule has 108 valence electrons. The average molecular weight is 296 g/mol. The van der Waals surface area contributed by atoms with Gasteiger partial charge in [-0.15, -0.1) is 11.3 Å². The van der Waals surface area contributed by atoms with Crippen molar-refractivity contribution >= 4 is 29.1 Å². The minimum absolute atomic E-state index is 0.153. The molecule has 7 heteroatoms. The van der Waals surface area contributed by atoms with Crippen molar-refractivity contribution in [2.75, 3.05) is 20.1 Å². The Hall–Kier alpha value is -1.89. The number of thiophene rings is 1. The Morgan fingerprint density at radius 2 is 2.25 bits per heavy atom. The van der Waals surface area contributed by atoms with Crippen LogP contribution in [0, 0.1) is 0 Å². The van der Waals surface area contributed by atoms with Crippen LogP contribution in [-0.4, -0.2) is 58.9 Å². The molecule has 1 saturated heterocycles. The molecule has 0 unspecified atom stereocenters. The third kappa shape index (κ3) is 2.98. The van der Waals surface area contributed by atoms with Crippen LogP contribution in [-0.2, 0) is 9.59 Å². The molecule has 1 N–H and O–H groups in total. The van der Waals surface area contributed by atoms with E-state index in [0.717, 1.165) is 11.3 Å². The summed E-state index contributed by atoms with van der Waals surface area (Å²) in [7, 11) is 1.45. The second-order valence-electron chi connectivity index (χ2n) is 4.72. The van der Waals surface area contributed by atoms with Gasteiger partial charge in [0.15, 0.2) is 0 Å². The topological polar surface area (TPSA) is 77.9 Å². The molecule has 2 heterocycles. The molecule has 2 rings (SSSR count). The van der Waals surface area contributed by atoms with Crippen molar-refractivity contribution in [1.29, 1.82) is 0 Å². The van der Waals surface area contributed by atoms with Gasteiger partial charge in [-0.2, -0.15) is 0 Å². The monoisotopic (exact) mass is 296 g/mol. The fraction of sp³-hybridized carbons (Fsp3) is 0.462. The van der Waals surface area contributed by atoms with Crippen LogP contribution in [0.4, 0.5) is 0 Å². The number of hydrogen-bond donors (Lipinski definition) is 1. The summed E-state index contributed by atoms with van der Waals surface area (Å²) < 4.78 is 0. The highest BCUT2D eigenvalue weighted by Crippen LogP contribution is 2.23. The number of carboxylic acids is 1. The second-order valence-corrected chi connectivity index (χ2v) is 5.67. The summed E-state index contributed by atoms with van der Waals surface area (Å²) in [5, 5.41) is 10.5. The molecule has 2 amide bonds. The third-order valence-corrected chi connectivity index (χ3v) is 4.14. The standard InChI is InChI=1S/C13H16N2O4S/c1-14(8-11(16)17)12(18)9-4-2-6-15(9)13(19)10-5-3-7-20-10/h3,5,7,9H,2,4,6,8H2,1H3,(H,16,17)/t9-/m0/s1. The van der Waals surface area contributed by atoms with E-state index in [0.29, 0.717) is 17.8 Å². The molecule has 1 fully saturated rings. The fourth-order valence-electron chi connectivity index (χ4n) is 2.34. The van der Waals surface area contributed by atoms with Crippen LogP contribution in [0.3, 0.4) is 0 Å². The van der Waals surface area contributed by atoms with E-state index in [1.807, 2.05) is 5.38 Å². The quantitative estimate of drug-likeness (QED) is 0.895. The molecule has 1 aliphatic rings. The number of carbonyl (C=O) groups is 3. The lowest BCUT2D eigenvalue weighted by molar-refractivity contribution is -0.145. The summed E-state index contributed by atoms with van der Waals surface area (Å²) in [6, 6.07) is 2.98. The van der Waals surface area contributed by atoms with Gasteiger partial charge in [-0.25, -0.2) is 0 Å². The van der Waals surface area contributed by atoms with E-state index in [9.17, 15) is 14.4 Å². The van der Waals surface area contributed by atoms with Gasteiger partial charge in [0, 0.05) is 13.6 Å². The molecule has 0 aromatic carbocycles. The summed E-state index contributed by atoms with van der Waals surface area (Å²) in [6.07, 6.45) is 1.34. The van der Waals surface area contributed by atoms with E-state index in [2.05, 4.69) is 0 Å². The van der Waals surface area contributed by atoms with E-state index in [1.54, 1.807) is 17.0 Å². The molecular weight excluding hydrogens is 280 g/mol. The van der Waals surface area contributed by atoms with E-state index >= 15 is 0 Å². The van der Waals surface area contributed by atoms with Crippen LogP contribution < -0.4 is 0 Å². The molecular formula is C13H16N2O4S. The van der Waals surface area contributed by atoms with Gasteiger partial charge in [0.05, 0.1) is 4.88 Å². The molecule has 0 aliphatic carbocycles. The van der Waals surface area contributed by atoms with Crippen molar-refractivity contribution in [3.8, 4) is 0 Å². The minimum Gasteiger partial charge on any atom is -0.480 e. The molecule has 1 atom stereocenters. The zero-order valence-corrected chi connectivity index (χ0v) is 11.9. The van der Waals surface area contributed by atoms with Crippen molar-refractivity contribution in [2.45, 2.75) is 18.9 Å². The highest BCUT2D eigenvalue weighted by atomic mass is 32.1. The first-order valence-corrected chi connectivity index (χ1v) is 7.20. The van der Waals surface area contributed by atoms with Crippen molar-refractivity contribution in [3.05, 3.63) is 22.4 Å². The van der Waals surface area contributed by atoms with Crippen molar-refractivity contribution < 1.29 is 19.5 Å². The third-order valence-electron chi connectivity index (χ3n) is 3.28. The predicted octanol–water partition coefficient (Wildman–Crippen LogP) is 0.896. The Balaban J connectivity index is 2.09. The number of likely N-dealkylation sites (tertiary alicyclic amines) is 1. The van der Waals surface area contributed by atoms with Gasteiger partial charge in [-0.1, -0.05) is 6.07 Å². The van der Waals surface area contributed by atoms with E-state index < -0.39 is 12.0 Å². The van der Waals surface area contributed by atoms with Crippen LogP contribution in [0.15, 0.2) is 17.5 Å². The smallest absolute Gasteiger partial charge is 0.323 e. The Kier molecular flexibility index (Phi) is 4.39. The van der Waals surface area contributed by atoms with Gasteiger partial charge >= 0.3 is 5.97 Å². The molecule has 6 nitrogen and oxygen atoms in total. The largest absolute Gasteiger partial charge is 0.480 e. The van der Waals surface area contributed by atoms with Crippen LogP contribution in [0.25, 0.3) is 0 Å². The zero-order chi connectivity index (χ0) is 14.7. The number of likely N-dealkylation sites (N-methyl/N-ethyl adjacent to an activating group) is 1. The summed E-state index contributed by atoms with van der Waals surface area (Å²) in [6.45, 7) is 0.185. The average Bonchev–Trinajstić information content (AvgIpc) is 3.07. The number of aliphatic carboxylic acids is 1.